The van der Waals surface area contributed by atoms with E-state index >= 15 is 0 Å². The van der Waals surface area contributed by atoms with Crippen molar-refractivity contribution in [2.45, 2.75) is 31.7 Å². The third kappa shape index (κ3) is 4.91. The van der Waals surface area contributed by atoms with Gasteiger partial charge in [0.25, 0.3) is 5.91 Å². The zero-order chi connectivity index (χ0) is 23.5. The van der Waals surface area contributed by atoms with E-state index in [4.69, 9.17) is 5.10 Å². The number of fused-ring (bicyclic) bond motifs is 1. The fourth-order valence-electron chi connectivity index (χ4n) is 5.01. The Kier molecular flexibility index (Phi) is 6.74. The first kappa shape index (κ1) is 22.7. The van der Waals surface area contributed by atoms with Crippen LogP contribution in [0.4, 0.5) is 4.39 Å². The summed E-state index contributed by atoms with van der Waals surface area (Å²) in [4.78, 5) is 18.4. The lowest BCUT2D eigenvalue weighted by molar-refractivity contribution is 0.0901. The summed E-state index contributed by atoms with van der Waals surface area (Å²) in [6.07, 6.45) is 3.83. The second-order valence-corrected chi connectivity index (χ2v) is 9.41. The van der Waals surface area contributed by atoms with Crippen LogP contribution in [0.5, 0.6) is 0 Å². The highest BCUT2D eigenvalue weighted by Crippen LogP contribution is 2.28. The van der Waals surface area contributed by atoms with Crippen LogP contribution in [-0.4, -0.2) is 65.3 Å². The zero-order valence-corrected chi connectivity index (χ0v) is 19.7. The summed E-state index contributed by atoms with van der Waals surface area (Å²) in [5, 5.41) is 8.06. The average Bonchev–Trinajstić information content (AvgIpc) is 3.26. The van der Waals surface area contributed by atoms with Crippen molar-refractivity contribution in [1.82, 2.24) is 24.9 Å². The number of halogens is 1. The molecule has 6 nitrogen and oxygen atoms in total. The minimum atomic E-state index is -0.280. The van der Waals surface area contributed by atoms with Crippen LogP contribution >= 0.6 is 0 Å². The van der Waals surface area contributed by atoms with Crippen LogP contribution in [0.2, 0.25) is 0 Å². The molecule has 2 aliphatic rings. The van der Waals surface area contributed by atoms with Crippen molar-refractivity contribution in [3.8, 4) is 5.69 Å². The molecular formula is C27H32FN5O. The van der Waals surface area contributed by atoms with Gasteiger partial charge in [0, 0.05) is 44.0 Å². The van der Waals surface area contributed by atoms with Crippen LogP contribution in [0.1, 0.15) is 46.2 Å². The predicted molar refractivity (Wildman–Crippen MR) is 131 cm³/mol. The number of aromatic nitrogens is 2. The quantitative estimate of drug-likeness (QED) is 0.609. The minimum absolute atomic E-state index is 0.118. The molecule has 1 amide bonds. The molecule has 0 saturated carbocycles. The van der Waals surface area contributed by atoms with E-state index in [9.17, 15) is 9.18 Å². The molecule has 178 valence electrons. The molecule has 1 unspecified atom stereocenters. The molecule has 1 atom stereocenters. The fraction of sp³-hybridized carbons (Fsp3) is 0.407. The first-order chi connectivity index (χ1) is 16.6. The first-order valence-corrected chi connectivity index (χ1v) is 12.2. The number of benzene rings is 2. The van der Waals surface area contributed by atoms with E-state index in [1.54, 1.807) is 12.1 Å². The second kappa shape index (κ2) is 10.1. The number of amides is 1. The lowest BCUT2D eigenvalue weighted by Crippen LogP contribution is -2.48. The van der Waals surface area contributed by atoms with Gasteiger partial charge in [0.15, 0.2) is 5.69 Å². The van der Waals surface area contributed by atoms with E-state index in [1.165, 1.54) is 12.1 Å². The first-order valence-electron chi connectivity index (χ1n) is 12.2. The molecule has 1 fully saturated rings. The average molecular weight is 462 g/mol. The normalized spacial score (nSPS) is 17.8. The van der Waals surface area contributed by atoms with Crippen molar-refractivity contribution in [1.29, 1.82) is 0 Å². The number of carbonyl (C=O) groups excluding carboxylic acids is 1. The lowest BCUT2D eigenvalue weighted by Gasteiger charge is -2.35. The van der Waals surface area contributed by atoms with E-state index in [1.807, 2.05) is 22.9 Å². The van der Waals surface area contributed by atoms with Gasteiger partial charge in [0.2, 0.25) is 0 Å². The maximum Gasteiger partial charge on any atom is 0.272 e. The van der Waals surface area contributed by atoms with E-state index < -0.39 is 0 Å². The molecule has 7 heteroatoms. The number of rotatable bonds is 6. The highest BCUT2D eigenvalue weighted by Gasteiger charge is 2.28. The van der Waals surface area contributed by atoms with Gasteiger partial charge in [0.1, 0.15) is 5.82 Å². The van der Waals surface area contributed by atoms with Crippen LogP contribution in [-0.2, 0) is 12.8 Å². The Labute approximate surface area is 200 Å². The SMILES string of the molecule is CN1CCN(CC(NC(=O)c2nn(-c3ccc(F)cc3)c3c2CCCC3)c2ccccc2)CC1. The van der Waals surface area contributed by atoms with E-state index in [-0.39, 0.29) is 17.8 Å². The molecule has 5 rings (SSSR count). The molecule has 2 aromatic carbocycles. The largest absolute Gasteiger partial charge is 0.343 e. The smallest absolute Gasteiger partial charge is 0.272 e. The van der Waals surface area contributed by atoms with Crippen LogP contribution < -0.4 is 5.32 Å². The second-order valence-electron chi connectivity index (χ2n) is 9.41. The van der Waals surface area contributed by atoms with Crippen LogP contribution in [0.15, 0.2) is 54.6 Å². The minimum Gasteiger partial charge on any atom is -0.343 e. The molecular weight excluding hydrogens is 429 g/mol. The number of hydrogen-bond acceptors (Lipinski definition) is 4. The van der Waals surface area contributed by atoms with Gasteiger partial charge >= 0.3 is 0 Å². The number of nitrogens with one attached hydrogen (secondary N) is 1. The predicted octanol–water partition coefficient (Wildman–Crippen LogP) is 3.61. The Bertz CT molecular complexity index is 1120. The Morgan fingerprint density at radius 3 is 2.44 bits per heavy atom. The topological polar surface area (TPSA) is 53.4 Å². The lowest BCUT2D eigenvalue weighted by atomic mass is 9.95. The molecule has 34 heavy (non-hydrogen) atoms. The zero-order valence-electron chi connectivity index (χ0n) is 19.7. The molecule has 3 aromatic rings. The standard InChI is InChI=1S/C27H32FN5O/c1-31-15-17-32(18-16-31)19-24(20-7-3-2-4-8-20)29-27(34)26-23-9-5-6-10-25(23)33(30-26)22-13-11-21(28)12-14-22/h2-4,7-8,11-14,24H,5-6,9-10,15-19H2,1H3,(H,29,34). The van der Waals surface area contributed by atoms with Crippen LogP contribution in [0.25, 0.3) is 5.69 Å². The fourth-order valence-corrected chi connectivity index (χ4v) is 5.01. The highest BCUT2D eigenvalue weighted by atomic mass is 19.1. The van der Waals surface area contributed by atoms with Crippen molar-refractivity contribution < 1.29 is 9.18 Å². The molecule has 2 heterocycles. The Balaban J connectivity index is 1.42. The third-order valence-electron chi connectivity index (χ3n) is 7.01. The van der Waals surface area contributed by atoms with Gasteiger partial charge < -0.3 is 10.2 Å². The summed E-state index contributed by atoms with van der Waals surface area (Å²) in [7, 11) is 2.15. The molecule has 0 spiro atoms. The molecule has 1 aliphatic carbocycles. The van der Waals surface area contributed by atoms with Gasteiger partial charge in [-0.05, 0) is 62.6 Å². The maximum absolute atomic E-state index is 13.6. The number of hydrogen-bond donors (Lipinski definition) is 1. The van der Waals surface area contributed by atoms with Gasteiger partial charge in [-0.15, -0.1) is 0 Å². The van der Waals surface area contributed by atoms with Gasteiger partial charge in [-0.25, -0.2) is 9.07 Å². The van der Waals surface area contributed by atoms with Crippen molar-refractivity contribution >= 4 is 5.91 Å². The van der Waals surface area contributed by atoms with E-state index in [2.05, 4.69) is 34.3 Å². The number of piperazine rings is 1. The summed E-state index contributed by atoms with van der Waals surface area (Å²) >= 11 is 0. The summed E-state index contributed by atoms with van der Waals surface area (Å²) in [6.45, 7) is 4.81. The van der Waals surface area contributed by atoms with Crippen molar-refractivity contribution in [2.24, 2.45) is 0 Å². The molecule has 1 saturated heterocycles. The van der Waals surface area contributed by atoms with Crippen molar-refractivity contribution in [3.05, 3.63) is 82.9 Å². The summed E-state index contributed by atoms with van der Waals surface area (Å²) in [5.74, 6) is -0.417. The molecule has 1 aliphatic heterocycles. The van der Waals surface area contributed by atoms with Gasteiger partial charge in [-0.2, -0.15) is 5.10 Å². The summed E-state index contributed by atoms with van der Waals surface area (Å²) < 4.78 is 15.3. The molecule has 0 radical (unpaired) electrons. The monoisotopic (exact) mass is 461 g/mol. The van der Waals surface area contributed by atoms with Crippen LogP contribution in [0.3, 0.4) is 0 Å². The van der Waals surface area contributed by atoms with Gasteiger partial charge in [-0.1, -0.05) is 30.3 Å². The Hall–Kier alpha value is -3.03. The molecule has 0 bridgehead atoms. The number of nitrogens with zero attached hydrogens (tertiary/aromatic N) is 4. The summed E-state index contributed by atoms with van der Waals surface area (Å²) in [6, 6.07) is 16.4. The van der Waals surface area contributed by atoms with Crippen LogP contribution in [0, 0.1) is 5.82 Å². The highest BCUT2D eigenvalue weighted by molar-refractivity contribution is 5.94. The third-order valence-corrected chi connectivity index (χ3v) is 7.01. The maximum atomic E-state index is 13.6. The number of carbonyl (C=O) groups is 1. The Morgan fingerprint density at radius 2 is 1.71 bits per heavy atom. The van der Waals surface area contributed by atoms with E-state index in [0.29, 0.717) is 5.69 Å². The molecule has 1 N–H and O–H groups in total. The van der Waals surface area contributed by atoms with Gasteiger partial charge in [-0.3, -0.25) is 9.69 Å². The van der Waals surface area contributed by atoms with Crippen molar-refractivity contribution in [2.75, 3.05) is 39.8 Å². The van der Waals surface area contributed by atoms with E-state index in [0.717, 1.165) is 80.9 Å². The Morgan fingerprint density at radius 1 is 1.00 bits per heavy atom. The van der Waals surface area contributed by atoms with Crippen molar-refractivity contribution in [3.63, 3.8) is 0 Å². The number of likely N-dealkylation sites (N-methyl/N-ethyl adjacent to an activating group) is 1. The molecule has 1 aromatic heterocycles. The van der Waals surface area contributed by atoms with Gasteiger partial charge in [0.05, 0.1) is 11.7 Å². The summed E-state index contributed by atoms with van der Waals surface area (Å²) in [5.41, 5.74) is 4.48.